The monoisotopic (exact) mass is 356 g/mol. The fourth-order valence-electron chi connectivity index (χ4n) is 2.52. The van der Waals surface area contributed by atoms with Crippen LogP contribution in [0.25, 0.3) is 0 Å². The van der Waals surface area contributed by atoms with E-state index in [0.29, 0.717) is 23.6 Å². The van der Waals surface area contributed by atoms with Gasteiger partial charge >= 0.3 is 0 Å². The Balaban J connectivity index is 1.95. The van der Waals surface area contributed by atoms with E-state index >= 15 is 0 Å². The molecule has 6 nitrogen and oxygen atoms in total. The molecule has 2 rings (SSSR count). The van der Waals surface area contributed by atoms with Crippen molar-refractivity contribution < 1.29 is 19.1 Å². The van der Waals surface area contributed by atoms with E-state index in [0.717, 1.165) is 11.1 Å². The molecule has 0 aliphatic heterocycles. The SMILES string of the molecule is COc1cccc(CN(C)C(=O)CNC(=O)c2ccc(C)cc2)c1OC. The molecular formula is C20H24N2O4. The molecular weight excluding hydrogens is 332 g/mol. The van der Waals surface area contributed by atoms with E-state index in [2.05, 4.69) is 5.32 Å². The van der Waals surface area contributed by atoms with Gasteiger partial charge in [-0.15, -0.1) is 0 Å². The predicted molar refractivity (Wildman–Crippen MR) is 99.5 cm³/mol. The van der Waals surface area contributed by atoms with Crippen molar-refractivity contribution in [1.29, 1.82) is 0 Å². The van der Waals surface area contributed by atoms with Gasteiger partial charge in [-0.1, -0.05) is 29.8 Å². The van der Waals surface area contributed by atoms with Crippen molar-refractivity contribution in [2.75, 3.05) is 27.8 Å². The van der Waals surface area contributed by atoms with Crippen LogP contribution in [-0.2, 0) is 11.3 Å². The van der Waals surface area contributed by atoms with Crippen LogP contribution in [0.5, 0.6) is 11.5 Å². The Bertz CT molecular complexity index is 772. The Morgan fingerprint density at radius 3 is 2.35 bits per heavy atom. The molecule has 0 radical (unpaired) electrons. The zero-order chi connectivity index (χ0) is 19.1. The van der Waals surface area contributed by atoms with Gasteiger partial charge in [0.05, 0.1) is 20.8 Å². The highest BCUT2D eigenvalue weighted by atomic mass is 16.5. The van der Waals surface area contributed by atoms with Gasteiger partial charge in [0, 0.05) is 24.7 Å². The lowest BCUT2D eigenvalue weighted by atomic mass is 10.1. The fraction of sp³-hybridized carbons (Fsp3) is 0.300. The van der Waals surface area contributed by atoms with Crippen LogP contribution in [0.1, 0.15) is 21.5 Å². The summed E-state index contributed by atoms with van der Waals surface area (Å²) in [5, 5.41) is 2.65. The number of carbonyl (C=O) groups excluding carboxylic acids is 2. The predicted octanol–water partition coefficient (Wildman–Crippen LogP) is 2.40. The summed E-state index contributed by atoms with van der Waals surface area (Å²) in [6, 6.07) is 12.7. The molecule has 0 spiro atoms. The number of aryl methyl sites for hydroxylation is 1. The number of ether oxygens (including phenoxy) is 2. The molecule has 138 valence electrons. The molecule has 2 aromatic carbocycles. The second kappa shape index (κ2) is 8.89. The number of carbonyl (C=O) groups is 2. The fourth-order valence-corrected chi connectivity index (χ4v) is 2.52. The molecule has 0 saturated carbocycles. The molecule has 0 aromatic heterocycles. The topological polar surface area (TPSA) is 67.9 Å². The molecule has 0 unspecified atom stereocenters. The normalized spacial score (nSPS) is 10.2. The van der Waals surface area contributed by atoms with Gasteiger partial charge in [-0.25, -0.2) is 0 Å². The summed E-state index contributed by atoms with van der Waals surface area (Å²) in [5.41, 5.74) is 2.43. The lowest BCUT2D eigenvalue weighted by Gasteiger charge is -2.20. The number of nitrogens with one attached hydrogen (secondary N) is 1. The van der Waals surface area contributed by atoms with Crippen LogP contribution in [0.3, 0.4) is 0 Å². The van der Waals surface area contributed by atoms with Crippen molar-refractivity contribution in [3.63, 3.8) is 0 Å². The largest absolute Gasteiger partial charge is 0.493 e. The number of amides is 2. The van der Waals surface area contributed by atoms with Gasteiger partial charge in [-0.2, -0.15) is 0 Å². The highest BCUT2D eigenvalue weighted by Gasteiger charge is 2.16. The zero-order valence-corrected chi connectivity index (χ0v) is 15.5. The van der Waals surface area contributed by atoms with Gasteiger partial charge in [0.25, 0.3) is 5.91 Å². The third-order valence-electron chi connectivity index (χ3n) is 4.03. The second-order valence-corrected chi connectivity index (χ2v) is 5.95. The molecule has 0 saturated heterocycles. The van der Waals surface area contributed by atoms with Crippen molar-refractivity contribution in [2.24, 2.45) is 0 Å². The first-order chi connectivity index (χ1) is 12.5. The molecule has 0 aliphatic rings. The van der Waals surface area contributed by atoms with Gasteiger partial charge in [0.15, 0.2) is 11.5 Å². The number of nitrogens with zero attached hydrogens (tertiary/aromatic N) is 1. The summed E-state index contributed by atoms with van der Waals surface area (Å²) in [6.45, 7) is 2.22. The summed E-state index contributed by atoms with van der Waals surface area (Å²) >= 11 is 0. The van der Waals surface area contributed by atoms with Crippen molar-refractivity contribution in [2.45, 2.75) is 13.5 Å². The Morgan fingerprint density at radius 2 is 1.73 bits per heavy atom. The second-order valence-electron chi connectivity index (χ2n) is 5.95. The average molecular weight is 356 g/mol. The molecule has 0 heterocycles. The van der Waals surface area contributed by atoms with Gasteiger partial charge in [-0.05, 0) is 25.1 Å². The Hall–Kier alpha value is -3.02. The van der Waals surface area contributed by atoms with Gasteiger partial charge in [-0.3, -0.25) is 9.59 Å². The third kappa shape index (κ3) is 4.75. The number of hydrogen-bond acceptors (Lipinski definition) is 4. The smallest absolute Gasteiger partial charge is 0.251 e. The van der Waals surface area contributed by atoms with Crippen molar-refractivity contribution in [1.82, 2.24) is 10.2 Å². The Morgan fingerprint density at radius 1 is 1.04 bits per heavy atom. The van der Waals surface area contributed by atoms with Crippen LogP contribution in [0.4, 0.5) is 0 Å². The summed E-state index contributed by atoms with van der Waals surface area (Å²) in [5.74, 6) is 0.734. The minimum Gasteiger partial charge on any atom is -0.493 e. The first-order valence-corrected chi connectivity index (χ1v) is 8.25. The summed E-state index contributed by atoms with van der Waals surface area (Å²) in [7, 11) is 4.81. The van der Waals surface area contributed by atoms with Gasteiger partial charge in [0.2, 0.25) is 5.91 Å². The lowest BCUT2D eigenvalue weighted by molar-refractivity contribution is -0.129. The van der Waals surface area contributed by atoms with E-state index in [9.17, 15) is 9.59 Å². The molecule has 6 heteroatoms. The standard InChI is InChI=1S/C20H24N2O4/c1-14-8-10-15(11-9-14)20(24)21-12-18(23)22(2)13-16-6-5-7-17(25-3)19(16)26-4/h5-11H,12-13H2,1-4H3,(H,21,24). The highest BCUT2D eigenvalue weighted by molar-refractivity contribution is 5.96. The Kier molecular flexibility index (Phi) is 6.60. The number of rotatable bonds is 7. The molecule has 0 fully saturated rings. The average Bonchev–Trinajstić information content (AvgIpc) is 2.65. The summed E-state index contributed by atoms with van der Waals surface area (Å²) in [4.78, 5) is 26.0. The first kappa shape index (κ1) is 19.3. The van der Waals surface area contributed by atoms with Crippen LogP contribution in [0.2, 0.25) is 0 Å². The molecule has 0 bridgehead atoms. The summed E-state index contributed by atoms with van der Waals surface area (Å²) < 4.78 is 10.7. The number of para-hydroxylation sites is 1. The molecule has 1 N–H and O–H groups in total. The van der Waals surface area contributed by atoms with Crippen LogP contribution in [0.15, 0.2) is 42.5 Å². The van der Waals surface area contributed by atoms with Crippen LogP contribution < -0.4 is 14.8 Å². The molecule has 2 amide bonds. The zero-order valence-electron chi connectivity index (χ0n) is 15.5. The van der Waals surface area contributed by atoms with E-state index in [4.69, 9.17) is 9.47 Å². The van der Waals surface area contributed by atoms with E-state index in [-0.39, 0.29) is 18.4 Å². The number of likely N-dealkylation sites (N-methyl/N-ethyl adjacent to an activating group) is 1. The first-order valence-electron chi connectivity index (χ1n) is 8.25. The number of benzene rings is 2. The minimum atomic E-state index is -0.272. The number of hydrogen-bond donors (Lipinski definition) is 1. The van der Waals surface area contributed by atoms with E-state index in [1.807, 2.05) is 31.2 Å². The van der Waals surface area contributed by atoms with Crippen molar-refractivity contribution >= 4 is 11.8 Å². The lowest BCUT2D eigenvalue weighted by Crippen LogP contribution is -2.37. The Labute approximate surface area is 153 Å². The maximum Gasteiger partial charge on any atom is 0.251 e. The van der Waals surface area contributed by atoms with Crippen molar-refractivity contribution in [3.8, 4) is 11.5 Å². The van der Waals surface area contributed by atoms with Crippen LogP contribution >= 0.6 is 0 Å². The minimum absolute atomic E-state index is 0.0739. The molecule has 0 atom stereocenters. The van der Waals surface area contributed by atoms with Crippen molar-refractivity contribution in [3.05, 3.63) is 59.2 Å². The number of methoxy groups -OCH3 is 2. The van der Waals surface area contributed by atoms with Crippen LogP contribution in [-0.4, -0.2) is 44.5 Å². The molecule has 0 aliphatic carbocycles. The van der Waals surface area contributed by atoms with E-state index in [1.54, 1.807) is 39.5 Å². The quantitative estimate of drug-likeness (QED) is 0.827. The van der Waals surface area contributed by atoms with E-state index < -0.39 is 0 Å². The van der Waals surface area contributed by atoms with Gasteiger partial charge < -0.3 is 19.7 Å². The summed E-state index contributed by atoms with van der Waals surface area (Å²) in [6.07, 6.45) is 0. The van der Waals surface area contributed by atoms with E-state index in [1.165, 1.54) is 4.90 Å². The maximum atomic E-state index is 12.3. The molecule has 2 aromatic rings. The molecule has 26 heavy (non-hydrogen) atoms. The van der Waals surface area contributed by atoms with Gasteiger partial charge in [0.1, 0.15) is 0 Å². The van der Waals surface area contributed by atoms with Crippen LogP contribution in [0, 0.1) is 6.92 Å². The third-order valence-corrected chi connectivity index (χ3v) is 4.03. The highest BCUT2D eigenvalue weighted by Crippen LogP contribution is 2.31. The maximum absolute atomic E-state index is 12.3.